The van der Waals surface area contributed by atoms with E-state index < -0.39 is 5.54 Å². The Kier molecular flexibility index (Phi) is 3.97. The van der Waals surface area contributed by atoms with E-state index in [1.165, 1.54) is 0 Å². The quantitative estimate of drug-likeness (QED) is 0.859. The van der Waals surface area contributed by atoms with Crippen molar-refractivity contribution in [3.8, 4) is 0 Å². The van der Waals surface area contributed by atoms with Crippen LogP contribution in [-0.2, 0) is 16.9 Å². The third-order valence-corrected chi connectivity index (χ3v) is 3.33. The van der Waals surface area contributed by atoms with Gasteiger partial charge in [0.25, 0.3) is 0 Å². The van der Waals surface area contributed by atoms with Gasteiger partial charge in [-0.15, -0.1) is 0 Å². The number of rotatable bonds is 5. The van der Waals surface area contributed by atoms with Crippen molar-refractivity contribution in [1.29, 1.82) is 0 Å². The van der Waals surface area contributed by atoms with Crippen LogP contribution >= 0.6 is 0 Å². The molecule has 3 nitrogen and oxygen atoms in total. The minimum atomic E-state index is -0.864. The van der Waals surface area contributed by atoms with Crippen LogP contribution in [0.15, 0.2) is 60.7 Å². The predicted molar refractivity (Wildman–Crippen MR) is 76.3 cm³/mol. The lowest BCUT2D eigenvalue weighted by molar-refractivity contribution is -0.124. The second-order valence-electron chi connectivity index (χ2n) is 4.69. The highest BCUT2D eigenvalue weighted by Gasteiger charge is 2.32. The van der Waals surface area contributed by atoms with Crippen LogP contribution in [-0.4, -0.2) is 5.91 Å². The summed E-state index contributed by atoms with van der Waals surface area (Å²) in [5.41, 5.74) is 6.69. The van der Waals surface area contributed by atoms with Crippen molar-refractivity contribution >= 4 is 5.91 Å². The first-order chi connectivity index (χ1) is 9.13. The van der Waals surface area contributed by atoms with E-state index in [9.17, 15) is 4.79 Å². The van der Waals surface area contributed by atoms with Gasteiger partial charge in [-0.2, -0.15) is 0 Å². The molecule has 98 valence electrons. The van der Waals surface area contributed by atoms with Gasteiger partial charge in [-0.05, 0) is 18.1 Å². The lowest BCUT2D eigenvalue weighted by Crippen LogP contribution is -2.50. The SMILES string of the molecule is CC(NCc1ccccc1)(C(N)=O)c1ccccc1. The van der Waals surface area contributed by atoms with Gasteiger partial charge in [0.05, 0.1) is 0 Å². The van der Waals surface area contributed by atoms with Gasteiger partial charge in [0, 0.05) is 6.54 Å². The highest BCUT2D eigenvalue weighted by atomic mass is 16.1. The zero-order valence-electron chi connectivity index (χ0n) is 11.0. The normalized spacial score (nSPS) is 13.7. The maximum Gasteiger partial charge on any atom is 0.242 e. The molecule has 0 spiro atoms. The minimum absolute atomic E-state index is 0.380. The first-order valence-corrected chi connectivity index (χ1v) is 6.27. The van der Waals surface area contributed by atoms with Gasteiger partial charge < -0.3 is 5.73 Å². The summed E-state index contributed by atoms with van der Waals surface area (Å²) in [5, 5.41) is 3.25. The molecular weight excluding hydrogens is 236 g/mol. The number of primary amides is 1. The van der Waals surface area contributed by atoms with Crippen LogP contribution in [0.5, 0.6) is 0 Å². The summed E-state index contributed by atoms with van der Waals surface area (Å²) in [4.78, 5) is 11.8. The summed E-state index contributed by atoms with van der Waals surface area (Å²) in [7, 11) is 0. The Hall–Kier alpha value is -2.13. The Morgan fingerprint density at radius 2 is 1.58 bits per heavy atom. The second-order valence-corrected chi connectivity index (χ2v) is 4.69. The van der Waals surface area contributed by atoms with Crippen molar-refractivity contribution in [2.24, 2.45) is 5.73 Å². The fraction of sp³-hybridized carbons (Fsp3) is 0.188. The van der Waals surface area contributed by atoms with Crippen LogP contribution in [0.2, 0.25) is 0 Å². The zero-order valence-corrected chi connectivity index (χ0v) is 11.0. The van der Waals surface area contributed by atoms with Crippen molar-refractivity contribution in [3.05, 3.63) is 71.8 Å². The summed E-state index contributed by atoms with van der Waals surface area (Å²) in [6.45, 7) is 2.41. The van der Waals surface area contributed by atoms with E-state index in [4.69, 9.17) is 5.73 Å². The van der Waals surface area contributed by atoms with Crippen molar-refractivity contribution in [2.75, 3.05) is 0 Å². The third-order valence-electron chi connectivity index (χ3n) is 3.33. The Morgan fingerprint density at radius 1 is 1.05 bits per heavy atom. The topological polar surface area (TPSA) is 55.1 Å². The lowest BCUT2D eigenvalue weighted by Gasteiger charge is -2.28. The standard InChI is InChI=1S/C16H18N2O/c1-16(15(17)19,14-10-6-3-7-11-14)18-12-13-8-4-2-5-9-13/h2-11,18H,12H2,1H3,(H2,17,19). The monoisotopic (exact) mass is 254 g/mol. The molecule has 1 amide bonds. The number of hydrogen-bond acceptors (Lipinski definition) is 2. The molecule has 2 aromatic carbocycles. The molecule has 3 N–H and O–H groups in total. The van der Waals surface area contributed by atoms with Gasteiger partial charge in [0.15, 0.2) is 0 Å². The predicted octanol–water partition coefficient (Wildman–Crippen LogP) is 2.18. The molecular formula is C16H18N2O. The average molecular weight is 254 g/mol. The van der Waals surface area contributed by atoms with E-state index in [-0.39, 0.29) is 5.91 Å². The largest absolute Gasteiger partial charge is 0.368 e. The Labute approximate surface area is 113 Å². The van der Waals surface area contributed by atoms with Crippen LogP contribution in [0.25, 0.3) is 0 Å². The van der Waals surface area contributed by atoms with Gasteiger partial charge in [-0.1, -0.05) is 60.7 Å². The molecule has 0 aliphatic carbocycles. The molecule has 19 heavy (non-hydrogen) atoms. The Morgan fingerprint density at radius 3 is 2.11 bits per heavy atom. The number of nitrogens with one attached hydrogen (secondary N) is 1. The molecule has 0 aliphatic heterocycles. The Bertz CT molecular complexity index is 539. The molecule has 0 radical (unpaired) electrons. The average Bonchev–Trinajstić information content (AvgIpc) is 2.46. The maximum absolute atomic E-state index is 11.8. The van der Waals surface area contributed by atoms with Crippen LogP contribution in [0.1, 0.15) is 18.1 Å². The van der Waals surface area contributed by atoms with Crippen molar-refractivity contribution in [3.63, 3.8) is 0 Å². The van der Waals surface area contributed by atoms with E-state index in [0.717, 1.165) is 11.1 Å². The van der Waals surface area contributed by atoms with Crippen LogP contribution in [0.3, 0.4) is 0 Å². The molecule has 0 heterocycles. The molecule has 0 saturated heterocycles. The summed E-state index contributed by atoms with van der Waals surface area (Å²) in [6, 6.07) is 19.5. The second kappa shape index (κ2) is 5.67. The number of carbonyl (C=O) groups is 1. The summed E-state index contributed by atoms with van der Waals surface area (Å²) in [6.07, 6.45) is 0. The summed E-state index contributed by atoms with van der Waals surface area (Å²) in [5.74, 6) is -0.380. The van der Waals surface area contributed by atoms with Crippen LogP contribution in [0, 0.1) is 0 Å². The highest BCUT2D eigenvalue weighted by Crippen LogP contribution is 2.20. The minimum Gasteiger partial charge on any atom is -0.368 e. The first kappa shape index (κ1) is 13.3. The number of benzene rings is 2. The molecule has 0 saturated carbocycles. The van der Waals surface area contributed by atoms with Gasteiger partial charge in [0.1, 0.15) is 5.54 Å². The molecule has 2 rings (SSSR count). The molecule has 3 heteroatoms. The zero-order chi connectivity index (χ0) is 13.7. The Balaban J connectivity index is 2.19. The third kappa shape index (κ3) is 3.01. The van der Waals surface area contributed by atoms with E-state index in [2.05, 4.69) is 5.32 Å². The fourth-order valence-electron chi connectivity index (χ4n) is 1.98. The maximum atomic E-state index is 11.8. The van der Waals surface area contributed by atoms with E-state index in [1.54, 1.807) is 0 Å². The smallest absolute Gasteiger partial charge is 0.242 e. The highest BCUT2D eigenvalue weighted by molar-refractivity contribution is 5.85. The van der Waals surface area contributed by atoms with Crippen molar-refractivity contribution < 1.29 is 4.79 Å². The number of amides is 1. The van der Waals surface area contributed by atoms with E-state index in [0.29, 0.717) is 6.54 Å². The molecule has 1 unspecified atom stereocenters. The van der Waals surface area contributed by atoms with Gasteiger partial charge in [-0.3, -0.25) is 10.1 Å². The molecule has 0 bridgehead atoms. The molecule has 2 aromatic rings. The first-order valence-electron chi connectivity index (χ1n) is 6.27. The number of nitrogens with two attached hydrogens (primary N) is 1. The molecule has 0 aliphatic rings. The van der Waals surface area contributed by atoms with Crippen LogP contribution < -0.4 is 11.1 Å². The van der Waals surface area contributed by atoms with Crippen LogP contribution in [0.4, 0.5) is 0 Å². The number of carbonyl (C=O) groups excluding carboxylic acids is 1. The van der Waals surface area contributed by atoms with Crippen molar-refractivity contribution in [1.82, 2.24) is 5.32 Å². The fourth-order valence-corrected chi connectivity index (χ4v) is 1.98. The van der Waals surface area contributed by atoms with E-state index in [1.807, 2.05) is 67.6 Å². The number of hydrogen-bond donors (Lipinski definition) is 2. The van der Waals surface area contributed by atoms with Gasteiger partial charge in [-0.25, -0.2) is 0 Å². The van der Waals surface area contributed by atoms with E-state index >= 15 is 0 Å². The summed E-state index contributed by atoms with van der Waals surface area (Å²) >= 11 is 0. The van der Waals surface area contributed by atoms with Crippen molar-refractivity contribution in [2.45, 2.75) is 19.0 Å². The van der Waals surface area contributed by atoms with Gasteiger partial charge >= 0.3 is 0 Å². The summed E-state index contributed by atoms with van der Waals surface area (Å²) < 4.78 is 0. The molecule has 0 fully saturated rings. The molecule has 1 atom stereocenters. The van der Waals surface area contributed by atoms with Gasteiger partial charge in [0.2, 0.25) is 5.91 Å². The lowest BCUT2D eigenvalue weighted by atomic mass is 9.91. The molecule has 0 aromatic heterocycles.